The lowest BCUT2D eigenvalue weighted by Gasteiger charge is -2.33. The largest absolute Gasteiger partial charge is 0.340 e. The molecule has 1 saturated heterocycles. The molecule has 1 fully saturated rings. The van der Waals surface area contributed by atoms with Crippen LogP contribution >= 0.6 is 34.2 Å². The van der Waals surface area contributed by atoms with Crippen LogP contribution in [0.5, 0.6) is 0 Å². The third-order valence-electron chi connectivity index (χ3n) is 3.40. The van der Waals surface area contributed by atoms with Crippen molar-refractivity contribution in [2.75, 3.05) is 6.54 Å². The lowest BCUT2D eigenvalue weighted by atomic mass is 10.1. The minimum Gasteiger partial charge on any atom is -0.340 e. The molecule has 0 aliphatic carbocycles. The van der Waals surface area contributed by atoms with E-state index in [0.717, 1.165) is 24.2 Å². The minimum atomic E-state index is -0.0346. The smallest absolute Gasteiger partial charge is 0.132 e. The van der Waals surface area contributed by atoms with Gasteiger partial charge in [-0.05, 0) is 47.6 Å². The molecule has 90 valence electrons. The summed E-state index contributed by atoms with van der Waals surface area (Å²) >= 11 is 8.91. The van der Waals surface area contributed by atoms with Gasteiger partial charge in [0.25, 0.3) is 0 Å². The third-order valence-corrected chi connectivity index (χ3v) is 4.54. The van der Waals surface area contributed by atoms with E-state index in [4.69, 9.17) is 16.6 Å². The van der Waals surface area contributed by atoms with Gasteiger partial charge in [-0.15, -0.1) is 0 Å². The molecular formula is C13H14ClIN2. The highest BCUT2D eigenvalue weighted by molar-refractivity contribution is 14.1. The van der Waals surface area contributed by atoms with E-state index < -0.39 is 0 Å². The zero-order valence-corrected chi connectivity index (χ0v) is 12.4. The fourth-order valence-corrected chi connectivity index (χ4v) is 3.37. The van der Waals surface area contributed by atoms with Gasteiger partial charge < -0.3 is 4.90 Å². The number of amidine groups is 1. The van der Waals surface area contributed by atoms with Gasteiger partial charge in [0, 0.05) is 22.1 Å². The SMILES string of the molecule is ClC1c2ccc(I)cc2N=C2CCCCCN21. The molecule has 0 aromatic heterocycles. The van der Waals surface area contributed by atoms with Gasteiger partial charge in [0.1, 0.15) is 11.3 Å². The lowest BCUT2D eigenvalue weighted by Crippen LogP contribution is -2.34. The summed E-state index contributed by atoms with van der Waals surface area (Å²) in [6.07, 6.45) is 4.81. The molecule has 17 heavy (non-hydrogen) atoms. The first kappa shape index (κ1) is 11.8. The summed E-state index contributed by atoms with van der Waals surface area (Å²) in [5.41, 5.74) is 2.18. The number of hydrogen-bond donors (Lipinski definition) is 0. The second-order valence-corrected chi connectivity index (χ2v) is 6.23. The highest BCUT2D eigenvalue weighted by Crippen LogP contribution is 2.39. The zero-order chi connectivity index (χ0) is 11.8. The molecule has 2 aliphatic heterocycles. The van der Waals surface area contributed by atoms with Crippen molar-refractivity contribution in [3.8, 4) is 0 Å². The molecular weight excluding hydrogens is 347 g/mol. The van der Waals surface area contributed by atoms with Crippen molar-refractivity contribution < 1.29 is 0 Å². The standard InChI is InChI=1S/C13H14ClIN2/c14-13-10-6-5-9(15)8-11(10)16-12-4-2-1-3-7-17(12)13/h5-6,8,13H,1-4,7H2. The quantitative estimate of drug-likeness (QED) is 0.379. The fraction of sp³-hybridized carbons (Fsp3) is 0.462. The second kappa shape index (κ2) is 4.76. The maximum atomic E-state index is 6.59. The summed E-state index contributed by atoms with van der Waals surface area (Å²) in [7, 11) is 0. The number of halogens is 2. The van der Waals surface area contributed by atoms with Crippen LogP contribution in [0, 0.1) is 3.57 Å². The molecule has 3 rings (SSSR count). The molecule has 0 saturated carbocycles. The van der Waals surface area contributed by atoms with E-state index in [1.54, 1.807) is 0 Å². The van der Waals surface area contributed by atoms with Crippen LogP contribution in [0.2, 0.25) is 0 Å². The van der Waals surface area contributed by atoms with Crippen molar-refractivity contribution in [1.82, 2.24) is 4.90 Å². The van der Waals surface area contributed by atoms with Gasteiger partial charge >= 0.3 is 0 Å². The van der Waals surface area contributed by atoms with Crippen LogP contribution in [-0.2, 0) is 0 Å². The molecule has 2 nitrogen and oxygen atoms in total. The van der Waals surface area contributed by atoms with E-state index in [1.807, 2.05) is 0 Å². The maximum absolute atomic E-state index is 6.59. The van der Waals surface area contributed by atoms with Gasteiger partial charge in [-0.2, -0.15) is 0 Å². The minimum absolute atomic E-state index is 0.0346. The third kappa shape index (κ3) is 2.19. The van der Waals surface area contributed by atoms with E-state index in [9.17, 15) is 0 Å². The van der Waals surface area contributed by atoms with Crippen molar-refractivity contribution in [3.63, 3.8) is 0 Å². The predicted molar refractivity (Wildman–Crippen MR) is 80.0 cm³/mol. The van der Waals surface area contributed by atoms with Crippen LogP contribution in [0.15, 0.2) is 23.2 Å². The summed E-state index contributed by atoms with van der Waals surface area (Å²) in [6.45, 7) is 1.04. The zero-order valence-electron chi connectivity index (χ0n) is 9.50. The van der Waals surface area contributed by atoms with Gasteiger partial charge in [0.2, 0.25) is 0 Å². The van der Waals surface area contributed by atoms with Gasteiger partial charge in [0.05, 0.1) is 5.69 Å². The average molecular weight is 361 g/mol. The Labute approximate surface area is 120 Å². The lowest BCUT2D eigenvalue weighted by molar-refractivity contribution is 0.387. The van der Waals surface area contributed by atoms with Crippen molar-refractivity contribution in [2.24, 2.45) is 4.99 Å². The number of fused-ring (bicyclic) bond motifs is 2. The van der Waals surface area contributed by atoms with Crippen LogP contribution in [-0.4, -0.2) is 17.3 Å². The Hall–Kier alpha value is -0.290. The van der Waals surface area contributed by atoms with Crippen molar-refractivity contribution >= 4 is 45.7 Å². The summed E-state index contributed by atoms with van der Waals surface area (Å²) in [4.78, 5) is 7.06. The number of nitrogens with zero attached hydrogens (tertiary/aromatic N) is 2. The number of aliphatic imine (C=N–C) groups is 1. The molecule has 0 spiro atoms. The first-order valence-corrected chi connectivity index (χ1v) is 7.55. The van der Waals surface area contributed by atoms with Crippen LogP contribution in [0.3, 0.4) is 0 Å². The summed E-state index contributed by atoms with van der Waals surface area (Å²) in [6, 6.07) is 6.34. The predicted octanol–water partition coefficient (Wildman–Crippen LogP) is 4.45. The molecule has 0 bridgehead atoms. The maximum Gasteiger partial charge on any atom is 0.132 e. The van der Waals surface area contributed by atoms with E-state index >= 15 is 0 Å². The van der Waals surface area contributed by atoms with E-state index in [-0.39, 0.29) is 5.50 Å². The first-order valence-electron chi connectivity index (χ1n) is 6.03. The van der Waals surface area contributed by atoms with Crippen molar-refractivity contribution in [1.29, 1.82) is 0 Å². The van der Waals surface area contributed by atoms with Gasteiger partial charge in [-0.25, -0.2) is 4.99 Å². The molecule has 1 atom stereocenters. The Morgan fingerprint density at radius 3 is 3.06 bits per heavy atom. The molecule has 1 aromatic carbocycles. The molecule has 0 N–H and O–H groups in total. The molecule has 2 heterocycles. The summed E-state index contributed by atoms with van der Waals surface area (Å²) < 4.78 is 1.22. The van der Waals surface area contributed by atoms with E-state index in [1.165, 1.54) is 28.7 Å². The molecule has 1 aromatic rings. The Morgan fingerprint density at radius 1 is 1.29 bits per heavy atom. The number of hydrogen-bond acceptors (Lipinski definition) is 2. The highest BCUT2D eigenvalue weighted by atomic mass is 127. The van der Waals surface area contributed by atoms with Gasteiger partial charge in [0.15, 0.2) is 0 Å². The fourth-order valence-electron chi connectivity index (χ4n) is 2.50. The van der Waals surface area contributed by atoms with Crippen LogP contribution < -0.4 is 0 Å². The van der Waals surface area contributed by atoms with Crippen LogP contribution in [0.4, 0.5) is 5.69 Å². The average Bonchev–Trinajstić information content (AvgIpc) is 2.54. The Balaban J connectivity index is 2.06. The molecule has 2 aliphatic rings. The number of alkyl halides is 1. The molecule has 0 radical (unpaired) electrons. The normalized spacial score (nSPS) is 23.5. The van der Waals surface area contributed by atoms with Crippen LogP contribution in [0.25, 0.3) is 0 Å². The van der Waals surface area contributed by atoms with E-state index in [2.05, 4.69) is 45.7 Å². The molecule has 4 heteroatoms. The topological polar surface area (TPSA) is 15.6 Å². The van der Waals surface area contributed by atoms with Crippen molar-refractivity contribution in [2.45, 2.75) is 31.2 Å². The highest BCUT2D eigenvalue weighted by Gasteiger charge is 2.28. The first-order chi connectivity index (χ1) is 8.25. The van der Waals surface area contributed by atoms with Crippen molar-refractivity contribution in [3.05, 3.63) is 27.3 Å². The van der Waals surface area contributed by atoms with Gasteiger partial charge in [-0.1, -0.05) is 24.1 Å². The monoisotopic (exact) mass is 360 g/mol. The Morgan fingerprint density at radius 2 is 2.18 bits per heavy atom. The molecule has 1 unspecified atom stereocenters. The molecule has 0 amide bonds. The summed E-state index contributed by atoms with van der Waals surface area (Å²) in [5, 5.41) is 0. The van der Waals surface area contributed by atoms with Crippen LogP contribution in [0.1, 0.15) is 36.7 Å². The number of benzene rings is 1. The number of rotatable bonds is 0. The van der Waals surface area contributed by atoms with Gasteiger partial charge in [-0.3, -0.25) is 0 Å². The van der Waals surface area contributed by atoms with E-state index in [0.29, 0.717) is 0 Å². The second-order valence-electron chi connectivity index (χ2n) is 4.57. The summed E-state index contributed by atoms with van der Waals surface area (Å²) in [5.74, 6) is 1.18. The Bertz CT molecular complexity index is 472. The Kier molecular flexibility index (Phi) is 3.30.